The molecule has 3 rings (SSSR count). The van der Waals surface area contributed by atoms with Crippen LogP contribution in [0.15, 0.2) is 47.6 Å². The number of carbonyl (C=O) groups is 2. The Kier molecular flexibility index (Phi) is 5.40. The van der Waals surface area contributed by atoms with Gasteiger partial charge >= 0.3 is 5.51 Å². The van der Waals surface area contributed by atoms with Crippen LogP contribution < -0.4 is 20.3 Å². The molecular weight excluding hydrogens is 387 g/mol. The van der Waals surface area contributed by atoms with Crippen molar-refractivity contribution < 1.29 is 32.2 Å². The van der Waals surface area contributed by atoms with Crippen LogP contribution in [0.1, 0.15) is 10.4 Å². The van der Waals surface area contributed by atoms with E-state index < -0.39 is 40.2 Å². The highest BCUT2D eigenvalue weighted by Gasteiger charge is 2.33. The summed E-state index contributed by atoms with van der Waals surface area (Å²) in [7, 11) is 0. The lowest BCUT2D eigenvalue weighted by molar-refractivity contribution is -0.131. The number of carbonyl (C=O) groups excluding carboxylic acids is 2. The fraction of sp³-hybridized carbons (Fsp3) is 0.188. The van der Waals surface area contributed by atoms with Crippen molar-refractivity contribution in [2.45, 2.75) is 16.6 Å². The first-order chi connectivity index (χ1) is 12.8. The Balaban J connectivity index is 1.61. The van der Waals surface area contributed by atoms with E-state index in [-0.39, 0.29) is 12.2 Å². The zero-order chi connectivity index (χ0) is 19.4. The third-order valence-corrected chi connectivity index (χ3v) is 4.08. The molecule has 2 aromatic rings. The van der Waals surface area contributed by atoms with E-state index >= 15 is 0 Å². The van der Waals surface area contributed by atoms with Crippen molar-refractivity contribution >= 4 is 23.6 Å². The number of hydrogen-bond donors (Lipinski definition) is 2. The number of hydrazine groups is 1. The number of rotatable bonds is 3. The van der Waals surface area contributed by atoms with E-state index in [4.69, 9.17) is 9.47 Å². The molecule has 2 N–H and O–H groups in total. The van der Waals surface area contributed by atoms with Crippen molar-refractivity contribution in [3.63, 3.8) is 0 Å². The molecule has 11 heteroatoms. The number of alkyl halides is 3. The van der Waals surface area contributed by atoms with Crippen molar-refractivity contribution in [3.05, 3.63) is 48.2 Å². The number of thioether (sulfide) groups is 1. The van der Waals surface area contributed by atoms with E-state index in [1.165, 1.54) is 12.1 Å². The minimum Gasteiger partial charge on any atom is -0.485 e. The van der Waals surface area contributed by atoms with Gasteiger partial charge in [-0.2, -0.15) is 13.2 Å². The molecule has 1 aromatic carbocycles. The second-order valence-corrected chi connectivity index (χ2v) is 6.27. The van der Waals surface area contributed by atoms with Crippen molar-refractivity contribution in [1.82, 2.24) is 15.8 Å². The molecule has 2 amide bonds. The summed E-state index contributed by atoms with van der Waals surface area (Å²) >= 11 is -0.519. The molecule has 0 fully saturated rings. The van der Waals surface area contributed by atoms with Gasteiger partial charge in [0.1, 0.15) is 11.6 Å². The average molecular weight is 399 g/mol. The maximum absolute atomic E-state index is 12.6. The van der Waals surface area contributed by atoms with E-state index in [0.29, 0.717) is 11.5 Å². The maximum atomic E-state index is 12.6. The lowest BCUT2D eigenvalue weighted by Crippen LogP contribution is -2.50. The van der Waals surface area contributed by atoms with Crippen molar-refractivity contribution in [1.29, 1.82) is 0 Å². The number of halogens is 3. The summed E-state index contributed by atoms with van der Waals surface area (Å²) in [4.78, 5) is 27.8. The normalized spacial score (nSPS) is 15.7. The third-order valence-electron chi connectivity index (χ3n) is 3.33. The molecule has 2 heterocycles. The van der Waals surface area contributed by atoms with Gasteiger partial charge in [-0.05, 0) is 24.3 Å². The zero-order valence-corrected chi connectivity index (χ0v) is 14.3. The largest absolute Gasteiger partial charge is 0.485 e. The van der Waals surface area contributed by atoms with Gasteiger partial charge in [-0.3, -0.25) is 20.4 Å². The number of fused-ring (bicyclic) bond motifs is 1. The molecule has 1 aliphatic rings. The first-order valence-electron chi connectivity index (χ1n) is 7.53. The number of nitrogens with one attached hydrogen (secondary N) is 2. The number of hydrogen-bond acceptors (Lipinski definition) is 6. The van der Waals surface area contributed by atoms with Gasteiger partial charge in [0, 0.05) is 18.0 Å². The predicted octanol–water partition coefficient (Wildman–Crippen LogP) is 2.29. The van der Waals surface area contributed by atoms with E-state index in [0.717, 1.165) is 6.20 Å². The number of benzene rings is 1. The number of ether oxygens (including phenoxy) is 2. The molecule has 1 unspecified atom stereocenters. The van der Waals surface area contributed by atoms with Gasteiger partial charge in [0.05, 0.1) is 5.56 Å². The number of amides is 2. The molecule has 0 bridgehead atoms. The Labute approximate surface area is 155 Å². The Bertz CT molecular complexity index is 863. The highest BCUT2D eigenvalue weighted by atomic mass is 32.2. The second-order valence-electron chi connectivity index (χ2n) is 5.21. The number of para-hydroxylation sites is 2. The Hall–Kier alpha value is -2.95. The topological polar surface area (TPSA) is 89.6 Å². The summed E-state index contributed by atoms with van der Waals surface area (Å²) in [5.74, 6) is -0.812. The van der Waals surface area contributed by atoms with Crippen LogP contribution in [0, 0.1) is 0 Å². The molecule has 0 saturated carbocycles. The maximum Gasteiger partial charge on any atom is 0.447 e. The highest BCUT2D eigenvalue weighted by Crippen LogP contribution is 2.37. The van der Waals surface area contributed by atoms with Crippen LogP contribution in [-0.4, -0.2) is 35.0 Å². The third kappa shape index (κ3) is 4.82. The lowest BCUT2D eigenvalue weighted by atomic mass is 10.2. The Morgan fingerprint density at radius 2 is 1.85 bits per heavy atom. The van der Waals surface area contributed by atoms with Crippen LogP contribution in [0.25, 0.3) is 0 Å². The van der Waals surface area contributed by atoms with E-state index in [9.17, 15) is 22.8 Å². The molecule has 1 aliphatic heterocycles. The number of pyridine rings is 1. The molecule has 142 valence electrons. The molecule has 0 spiro atoms. The molecular formula is C16H12F3N3O4S. The molecule has 1 atom stereocenters. The molecule has 0 saturated heterocycles. The van der Waals surface area contributed by atoms with E-state index in [2.05, 4.69) is 15.8 Å². The van der Waals surface area contributed by atoms with Crippen LogP contribution in [0.2, 0.25) is 0 Å². The minimum absolute atomic E-state index is 0.0826. The standard InChI is InChI=1S/C16H12F3N3O4S/c17-16(18,19)27-15-9(4-3-7-20-15)13(23)21-22-14(24)12-8-25-10-5-1-2-6-11(10)26-12/h1-7,12H,8H2,(H,21,23)(H,22,24). The first-order valence-corrected chi connectivity index (χ1v) is 8.34. The van der Waals surface area contributed by atoms with Crippen molar-refractivity contribution in [2.75, 3.05) is 6.61 Å². The van der Waals surface area contributed by atoms with E-state index in [1.807, 2.05) is 0 Å². The van der Waals surface area contributed by atoms with Gasteiger partial charge in [-0.25, -0.2) is 4.98 Å². The van der Waals surface area contributed by atoms with Gasteiger partial charge in [-0.15, -0.1) is 0 Å². The van der Waals surface area contributed by atoms with Gasteiger partial charge < -0.3 is 9.47 Å². The summed E-state index contributed by atoms with van der Waals surface area (Å²) in [5, 5.41) is -0.525. The smallest absolute Gasteiger partial charge is 0.447 e. The van der Waals surface area contributed by atoms with Gasteiger partial charge in [0.25, 0.3) is 11.8 Å². The lowest BCUT2D eigenvalue weighted by Gasteiger charge is -2.25. The fourth-order valence-electron chi connectivity index (χ4n) is 2.17. The van der Waals surface area contributed by atoms with Crippen LogP contribution in [0.3, 0.4) is 0 Å². The summed E-state index contributed by atoms with van der Waals surface area (Å²) < 4.78 is 48.5. The zero-order valence-electron chi connectivity index (χ0n) is 13.4. The van der Waals surface area contributed by atoms with Gasteiger partial charge in [-0.1, -0.05) is 12.1 Å². The monoisotopic (exact) mass is 399 g/mol. The molecule has 0 radical (unpaired) electrons. The van der Waals surface area contributed by atoms with Crippen molar-refractivity contribution in [2.24, 2.45) is 0 Å². The Morgan fingerprint density at radius 3 is 2.59 bits per heavy atom. The fourth-order valence-corrected chi connectivity index (χ4v) is 2.77. The van der Waals surface area contributed by atoms with Gasteiger partial charge in [0.2, 0.25) is 6.10 Å². The Morgan fingerprint density at radius 1 is 1.11 bits per heavy atom. The van der Waals surface area contributed by atoms with Crippen LogP contribution in [0.4, 0.5) is 13.2 Å². The summed E-state index contributed by atoms with van der Waals surface area (Å²) in [6, 6.07) is 9.21. The molecule has 1 aromatic heterocycles. The SMILES string of the molecule is O=C(NNC(=O)C1COc2ccccc2O1)c1cccnc1SC(F)(F)F. The predicted molar refractivity (Wildman–Crippen MR) is 88.1 cm³/mol. The van der Waals surface area contributed by atoms with Gasteiger partial charge in [0.15, 0.2) is 11.5 Å². The summed E-state index contributed by atoms with van der Waals surface area (Å²) in [5.41, 5.74) is -0.770. The average Bonchev–Trinajstić information content (AvgIpc) is 2.64. The second kappa shape index (κ2) is 7.74. The quantitative estimate of drug-likeness (QED) is 0.608. The van der Waals surface area contributed by atoms with Crippen molar-refractivity contribution in [3.8, 4) is 11.5 Å². The van der Waals surface area contributed by atoms with E-state index in [1.54, 1.807) is 24.3 Å². The molecule has 27 heavy (non-hydrogen) atoms. The summed E-state index contributed by atoms with van der Waals surface area (Å²) in [6.07, 6.45) is 0.104. The highest BCUT2D eigenvalue weighted by molar-refractivity contribution is 8.00. The molecule has 0 aliphatic carbocycles. The molecule has 7 nitrogen and oxygen atoms in total. The van der Waals surface area contributed by atoms with Crippen LogP contribution in [-0.2, 0) is 4.79 Å². The van der Waals surface area contributed by atoms with Crippen LogP contribution >= 0.6 is 11.8 Å². The summed E-state index contributed by atoms with van der Waals surface area (Å²) in [6.45, 7) is -0.0826. The van der Waals surface area contributed by atoms with Crippen LogP contribution in [0.5, 0.6) is 11.5 Å². The number of nitrogens with zero attached hydrogens (tertiary/aromatic N) is 1. The first kappa shape index (κ1) is 18.8. The minimum atomic E-state index is -4.60. The number of aromatic nitrogens is 1.